The van der Waals surface area contributed by atoms with Crippen LogP contribution in [0.2, 0.25) is 0 Å². The standard InChI is InChI=1S/C24H23N3O4/c1-16(23(29)26-20-14-12-19(13-15-20)25-17(2)28)31-22-11-7-6-10-21(22)24(30)27-18-8-4-3-5-9-18/h3-16H,1-2H3,(H,25,28)(H,26,29)(H,27,30)/t16-/m1/s1. The molecule has 0 heterocycles. The van der Waals surface area contributed by atoms with Gasteiger partial charge in [-0.3, -0.25) is 14.4 Å². The molecule has 31 heavy (non-hydrogen) atoms. The van der Waals surface area contributed by atoms with E-state index < -0.39 is 6.10 Å². The number of amides is 3. The third-order valence-corrected chi connectivity index (χ3v) is 4.31. The maximum absolute atomic E-state index is 12.7. The number of hydrogen-bond acceptors (Lipinski definition) is 4. The minimum absolute atomic E-state index is 0.172. The van der Waals surface area contributed by atoms with Crippen molar-refractivity contribution < 1.29 is 19.1 Å². The normalized spacial score (nSPS) is 11.2. The summed E-state index contributed by atoms with van der Waals surface area (Å²) in [6.07, 6.45) is -0.847. The second-order valence-electron chi connectivity index (χ2n) is 6.82. The largest absolute Gasteiger partial charge is 0.480 e. The Hall–Kier alpha value is -4.13. The lowest BCUT2D eigenvalue weighted by molar-refractivity contribution is -0.122. The van der Waals surface area contributed by atoms with E-state index in [0.29, 0.717) is 28.4 Å². The molecule has 1 atom stereocenters. The highest BCUT2D eigenvalue weighted by Gasteiger charge is 2.19. The summed E-state index contributed by atoms with van der Waals surface area (Å²) in [7, 11) is 0. The van der Waals surface area contributed by atoms with Gasteiger partial charge in [-0.15, -0.1) is 0 Å². The highest BCUT2D eigenvalue weighted by molar-refractivity contribution is 6.06. The van der Waals surface area contributed by atoms with E-state index in [2.05, 4.69) is 16.0 Å². The summed E-state index contributed by atoms with van der Waals surface area (Å²) >= 11 is 0. The number of hydrogen-bond donors (Lipinski definition) is 3. The number of rotatable bonds is 7. The zero-order valence-electron chi connectivity index (χ0n) is 17.2. The first-order valence-electron chi connectivity index (χ1n) is 9.73. The van der Waals surface area contributed by atoms with E-state index in [0.717, 1.165) is 0 Å². The molecule has 7 heteroatoms. The predicted molar refractivity (Wildman–Crippen MR) is 120 cm³/mol. The first kappa shape index (κ1) is 21.6. The SMILES string of the molecule is CC(=O)Nc1ccc(NC(=O)[C@@H](C)Oc2ccccc2C(=O)Nc2ccccc2)cc1. The van der Waals surface area contributed by atoms with E-state index in [1.165, 1.54) is 6.92 Å². The highest BCUT2D eigenvalue weighted by atomic mass is 16.5. The Labute approximate surface area is 180 Å². The van der Waals surface area contributed by atoms with Gasteiger partial charge in [0.15, 0.2) is 6.10 Å². The lowest BCUT2D eigenvalue weighted by atomic mass is 10.1. The number of ether oxygens (including phenoxy) is 1. The molecule has 0 saturated carbocycles. The fraction of sp³-hybridized carbons (Fsp3) is 0.125. The molecule has 0 aliphatic carbocycles. The summed E-state index contributed by atoms with van der Waals surface area (Å²) < 4.78 is 5.78. The van der Waals surface area contributed by atoms with Gasteiger partial charge in [0.05, 0.1) is 5.56 Å². The first-order valence-corrected chi connectivity index (χ1v) is 9.73. The van der Waals surface area contributed by atoms with Gasteiger partial charge in [0, 0.05) is 24.0 Å². The molecule has 0 unspecified atom stereocenters. The fourth-order valence-electron chi connectivity index (χ4n) is 2.80. The van der Waals surface area contributed by atoms with Gasteiger partial charge < -0.3 is 20.7 Å². The smallest absolute Gasteiger partial charge is 0.265 e. The van der Waals surface area contributed by atoms with Gasteiger partial charge in [-0.25, -0.2) is 0 Å². The van der Waals surface area contributed by atoms with Crippen molar-refractivity contribution >= 4 is 34.8 Å². The van der Waals surface area contributed by atoms with Gasteiger partial charge in [-0.1, -0.05) is 30.3 Å². The molecule has 0 aromatic heterocycles. The predicted octanol–water partition coefficient (Wildman–Crippen LogP) is 4.30. The van der Waals surface area contributed by atoms with Crippen molar-refractivity contribution in [3.63, 3.8) is 0 Å². The second kappa shape index (κ2) is 10.1. The third kappa shape index (κ3) is 6.17. The van der Waals surface area contributed by atoms with Crippen molar-refractivity contribution in [2.24, 2.45) is 0 Å². The fourth-order valence-corrected chi connectivity index (χ4v) is 2.80. The average molecular weight is 417 g/mol. The molecule has 0 bridgehead atoms. The molecule has 3 aromatic rings. The van der Waals surface area contributed by atoms with Crippen LogP contribution in [0.3, 0.4) is 0 Å². The number of carbonyl (C=O) groups is 3. The summed E-state index contributed by atoms with van der Waals surface area (Å²) in [5.74, 6) is -0.568. The molecule has 3 amide bonds. The molecule has 7 nitrogen and oxygen atoms in total. The van der Waals surface area contributed by atoms with Crippen LogP contribution in [0.5, 0.6) is 5.75 Å². The minimum atomic E-state index is -0.847. The molecule has 3 rings (SSSR count). The van der Waals surface area contributed by atoms with Gasteiger partial charge in [-0.2, -0.15) is 0 Å². The number of para-hydroxylation sites is 2. The number of anilines is 3. The Morgan fingerprint density at radius 2 is 1.26 bits per heavy atom. The van der Waals surface area contributed by atoms with Gasteiger partial charge in [0.1, 0.15) is 5.75 Å². The Morgan fingerprint density at radius 3 is 1.90 bits per heavy atom. The van der Waals surface area contributed by atoms with Crippen molar-refractivity contribution in [3.8, 4) is 5.75 Å². The molecule has 0 spiro atoms. The van der Waals surface area contributed by atoms with E-state index in [-0.39, 0.29) is 17.7 Å². The molecular weight excluding hydrogens is 394 g/mol. The number of nitrogens with one attached hydrogen (secondary N) is 3. The molecular formula is C24H23N3O4. The van der Waals surface area contributed by atoms with Crippen LogP contribution in [0.15, 0.2) is 78.9 Å². The monoisotopic (exact) mass is 417 g/mol. The summed E-state index contributed by atoms with van der Waals surface area (Å²) in [6.45, 7) is 3.03. The summed E-state index contributed by atoms with van der Waals surface area (Å²) in [4.78, 5) is 36.3. The third-order valence-electron chi connectivity index (χ3n) is 4.31. The van der Waals surface area contributed by atoms with E-state index in [9.17, 15) is 14.4 Å². The maximum Gasteiger partial charge on any atom is 0.265 e. The lowest BCUT2D eigenvalue weighted by Crippen LogP contribution is -2.30. The molecule has 0 saturated heterocycles. The zero-order chi connectivity index (χ0) is 22.2. The van der Waals surface area contributed by atoms with Crippen molar-refractivity contribution in [2.45, 2.75) is 20.0 Å². The molecule has 0 fully saturated rings. The van der Waals surface area contributed by atoms with Crippen LogP contribution in [-0.4, -0.2) is 23.8 Å². The topological polar surface area (TPSA) is 96.5 Å². The van der Waals surface area contributed by atoms with Crippen LogP contribution in [0.4, 0.5) is 17.1 Å². The van der Waals surface area contributed by atoms with Gasteiger partial charge in [0.25, 0.3) is 11.8 Å². The van der Waals surface area contributed by atoms with Gasteiger partial charge in [-0.05, 0) is 55.5 Å². The van der Waals surface area contributed by atoms with Crippen LogP contribution in [-0.2, 0) is 9.59 Å². The van der Waals surface area contributed by atoms with E-state index in [1.54, 1.807) is 67.6 Å². The van der Waals surface area contributed by atoms with Gasteiger partial charge >= 0.3 is 0 Å². The maximum atomic E-state index is 12.7. The molecule has 158 valence electrons. The Kier molecular flexibility index (Phi) is 7.01. The zero-order valence-corrected chi connectivity index (χ0v) is 17.2. The van der Waals surface area contributed by atoms with Crippen molar-refractivity contribution in [1.82, 2.24) is 0 Å². The first-order chi connectivity index (χ1) is 14.9. The number of carbonyl (C=O) groups excluding carboxylic acids is 3. The van der Waals surface area contributed by atoms with Crippen LogP contribution < -0.4 is 20.7 Å². The van der Waals surface area contributed by atoms with Crippen molar-refractivity contribution in [3.05, 3.63) is 84.4 Å². The van der Waals surface area contributed by atoms with Crippen molar-refractivity contribution in [2.75, 3.05) is 16.0 Å². The Balaban J connectivity index is 1.64. The Morgan fingerprint density at radius 1 is 0.710 bits per heavy atom. The lowest BCUT2D eigenvalue weighted by Gasteiger charge is -2.17. The molecule has 0 radical (unpaired) electrons. The quantitative estimate of drug-likeness (QED) is 0.534. The second-order valence-corrected chi connectivity index (χ2v) is 6.82. The van der Waals surface area contributed by atoms with E-state index in [1.807, 2.05) is 18.2 Å². The van der Waals surface area contributed by atoms with Crippen molar-refractivity contribution in [1.29, 1.82) is 0 Å². The minimum Gasteiger partial charge on any atom is -0.480 e. The van der Waals surface area contributed by atoms with Crippen LogP contribution >= 0.6 is 0 Å². The molecule has 3 aromatic carbocycles. The summed E-state index contributed by atoms with van der Waals surface area (Å²) in [6, 6.07) is 22.6. The Bertz CT molecular complexity index is 1070. The molecule has 0 aliphatic rings. The number of benzene rings is 3. The van der Waals surface area contributed by atoms with Gasteiger partial charge in [0.2, 0.25) is 5.91 Å². The summed E-state index contributed by atoms with van der Waals surface area (Å²) in [5.41, 5.74) is 2.18. The van der Waals surface area contributed by atoms with Crippen LogP contribution in [0.25, 0.3) is 0 Å². The van der Waals surface area contributed by atoms with Crippen LogP contribution in [0, 0.1) is 0 Å². The van der Waals surface area contributed by atoms with Crippen LogP contribution in [0.1, 0.15) is 24.2 Å². The van der Waals surface area contributed by atoms with E-state index >= 15 is 0 Å². The highest BCUT2D eigenvalue weighted by Crippen LogP contribution is 2.22. The molecule has 3 N–H and O–H groups in total. The molecule has 0 aliphatic heterocycles. The summed E-state index contributed by atoms with van der Waals surface area (Å²) in [5, 5.41) is 8.22. The average Bonchev–Trinajstić information content (AvgIpc) is 2.75. The van der Waals surface area contributed by atoms with E-state index in [4.69, 9.17) is 4.74 Å².